The first-order valence-corrected chi connectivity index (χ1v) is 10.8. The van der Waals surface area contributed by atoms with Gasteiger partial charge >= 0.3 is 0 Å². The Morgan fingerprint density at radius 2 is 1.90 bits per heavy atom. The van der Waals surface area contributed by atoms with Gasteiger partial charge in [0.1, 0.15) is 13.1 Å². The predicted molar refractivity (Wildman–Crippen MR) is 117 cm³/mol. The number of aromatic nitrogens is 1. The molecule has 0 radical (unpaired) electrons. The van der Waals surface area contributed by atoms with Gasteiger partial charge in [-0.25, -0.2) is 4.98 Å². The number of thiazole rings is 1. The van der Waals surface area contributed by atoms with Crippen LogP contribution in [0.2, 0.25) is 0 Å². The maximum absolute atomic E-state index is 12.5. The Balaban J connectivity index is 1.37. The molecule has 7 heteroatoms. The summed E-state index contributed by atoms with van der Waals surface area (Å²) in [6.45, 7) is 3.03. The van der Waals surface area contributed by atoms with Crippen LogP contribution in [0, 0.1) is 0 Å². The monoisotopic (exact) mass is 424 g/mol. The lowest BCUT2D eigenvalue weighted by atomic mass is 10.1. The van der Waals surface area contributed by atoms with Gasteiger partial charge in [-0.15, -0.1) is 0 Å². The Labute approximate surface area is 180 Å². The number of hydrogen-bond donors (Lipinski definition) is 2. The van der Waals surface area contributed by atoms with Crippen molar-refractivity contribution >= 4 is 22.4 Å². The molecular formula is C23H26N3O3S+. The van der Waals surface area contributed by atoms with E-state index in [0.717, 1.165) is 37.3 Å². The van der Waals surface area contributed by atoms with Crippen molar-refractivity contribution in [3.05, 3.63) is 70.2 Å². The molecule has 0 spiro atoms. The van der Waals surface area contributed by atoms with E-state index in [9.17, 15) is 4.79 Å². The highest BCUT2D eigenvalue weighted by Gasteiger charge is 2.24. The van der Waals surface area contributed by atoms with Crippen LogP contribution in [0.4, 0.5) is 5.13 Å². The fourth-order valence-corrected chi connectivity index (χ4v) is 4.85. The third kappa shape index (κ3) is 4.80. The molecule has 0 saturated carbocycles. The quantitative estimate of drug-likeness (QED) is 0.612. The van der Waals surface area contributed by atoms with Crippen LogP contribution < -0.4 is 19.7 Å². The topological polar surface area (TPSA) is 64.9 Å². The van der Waals surface area contributed by atoms with E-state index in [1.807, 2.05) is 24.3 Å². The van der Waals surface area contributed by atoms with Gasteiger partial charge in [0.05, 0.1) is 37.8 Å². The van der Waals surface area contributed by atoms with Gasteiger partial charge in [0, 0.05) is 12.0 Å². The minimum Gasteiger partial charge on any atom is -0.493 e. The molecule has 1 unspecified atom stereocenters. The zero-order valence-corrected chi connectivity index (χ0v) is 18.1. The molecule has 6 nitrogen and oxygen atoms in total. The van der Waals surface area contributed by atoms with Crippen LogP contribution in [0.3, 0.4) is 0 Å². The van der Waals surface area contributed by atoms with Crippen LogP contribution in [-0.2, 0) is 30.7 Å². The maximum Gasteiger partial charge on any atom is 0.230 e. The van der Waals surface area contributed by atoms with Gasteiger partial charge in [-0.2, -0.15) is 0 Å². The molecule has 0 fully saturated rings. The second kappa shape index (κ2) is 9.28. The first kappa shape index (κ1) is 20.4. The van der Waals surface area contributed by atoms with Crippen molar-refractivity contribution in [2.45, 2.75) is 25.9 Å². The Bertz CT molecular complexity index is 1020. The molecule has 0 bridgehead atoms. The molecule has 3 aromatic rings. The Hall–Kier alpha value is -2.90. The molecule has 1 atom stereocenters. The van der Waals surface area contributed by atoms with E-state index in [1.54, 1.807) is 25.6 Å². The molecule has 2 N–H and O–H groups in total. The van der Waals surface area contributed by atoms with Crippen molar-refractivity contribution in [2.24, 2.45) is 0 Å². The van der Waals surface area contributed by atoms with E-state index in [-0.39, 0.29) is 12.3 Å². The minimum absolute atomic E-state index is 0.0817. The number of hydrogen-bond acceptors (Lipinski definition) is 5. The van der Waals surface area contributed by atoms with Crippen LogP contribution in [-0.4, -0.2) is 31.7 Å². The summed E-state index contributed by atoms with van der Waals surface area (Å²) >= 11 is 1.59. The van der Waals surface area contributed by atoms with E-state index >= 15 is 0 Å². The zero-order valence-electron chi connectivity index (χ0n) is 17.2. The number of amides is 1. The number of anilines is 1. The van der Waals surface area contributed by atoms with E-state index in [2.05, 4.69) is 34.6 Å². The van der Waals surface area contributed by atoms with Crippen LogP contribution >= 0.6 is 11.3 Å². The largest absolute Gasteiger partial charge is 0.493 e. The van der Waals surface area contributed by atoms with E-state index in [4.69, 9.17) is 9.47 Å². The highest BCUT2D eigenvalue weighted by atomic mass is 32.1. The molecule has 4 rings (SSSR count). The van der Waals surface area contributed by atoms with Gasteiger partial charge in [0.25, 0.3) is 0 Å². The summed E-state index contributed by atoms with van der Waals surface area (Å²) in [6.07, 6.45) is 1.20. The summed E-state index contributed by atoms with van der Waals surface area (Å²) in [6, 6.07) is 16.1. The maximum atomic E-state index is 12.5. The van der Waals surface area contributed by atoms with Gasteiger partial charge in [-0.05, 0) is 17.7 Å². The highest BCUT2D eigenvalue weighted by Crippen LogP contribution is 2.28. The second-order valence-electron chi connectivity index (χ2n) is 7.39. The predicted octanol–water partition coefficient (Wildman–Crippen LogP) is 2.48. The van der Waals surface area contributed by atoms with Gasteiger partial charge in [-0.3, -0.25) is 4.79 Å². The number of fused-ring (bicyclic) bond motifs is 1. The van der Waals surface area contributed by atoms with Crippen molar-refractivity contribution in [3.8, 4) is 11.5 Å². The fraction of sp³-hybridized carbons (Fsp3) is 0.304. The Morgan fingerprint density at radius 3 is 2.67 bits per heavy atom. The lowest BCUT2D eigenvalue weighted by molar-refractivity contribution is -0.929. The molecule has 1 aromatic heterocycles. The Kier molecular flexibility index (Phi) is 6.30. The third-order valence-corrected chi connectivity index (χ3v) is 6.27. The first-order chi connectivity index (χ1) is 14.6. The summed E-state index contributed by atoms with van der Waals surface area (Å²) in [5.74, 6) is 1.19. The van der Waals surface area contributed by atoms with Crippen molar-refractivity contribution in [3.63, 3.8) is 0 Å². The van der Waals surface area contributed by atoms with Gasteiger partial charge in [0.15, 0.2) is 16.6 Å². The normalized spacial score (nSPS) is 15.3. The molecule has 0 aliphatic carbocycles. The number of benzene rings is 2. The number of nitrogens with zero attached hydrogens (tertiary/aromatic N) is 1. The second-order valence-corrected chi connectivity index (χ2v) is 8.48. The SMILES string of the molecule is COc1ccc(CC(=O)Nc2nc3c(s2)C[NH+](Cc2ccccc2)CC3)cc1OC. The number of nitrogens with one attached hydrogen (secondary N) is 2. The van der Waals surface area contributed by atoms with Crippen LogP contribution in [0.1, 0.15) is 21.7 Å². The van der Waals surface area contributed by atoms with Crippen molar-refractivity contribution < 1.29 is 19.2 Å². The third-order valence-electron chi connectivity index (χ3n) is 5.26. The molecular weight excluding hydrogens is 398 g/mol. The van der Waals surface area contributed by atoms with Crippen LogP contribution in [0.15, 0.2) is 48.5 Å². The van der Waals surface area contributed by atoms with Crippen molar-refractivity contribution in [1.29, 1.82) is 0 Å². The Morgan fingerprint density at radius 1 is 1.10 bits per heavy atom. The molecule has 30 heavy (non-hydrogen) atoms. The van der Waals surface area contributed by atoms with Gasteiger partial charge in [0.2, 0.25) is 5.91 Å². The van der Waals surface area contributed by atoms with Crippen LogP contribution in [0.5, 0.6) is 11.5 Å². The highest BCUT2D eigenvalue weighted by molar-refractivity contribution is 7.15. The minimum atomic E-state index is -0.0817. The van der Waals surface area contributed by atoms with E-state index < -0.39 is 0 Å². The van der Waals surface area contributed by atoms with Crippen molar-refractivity contribution in [2.75, 3.05) is 26.1 Å². The summed E-state index contributed by atoms with van der Waals surface area (Å²) in [5, 5.41) is 3.65. The number of methoxy groups -OCH3 is 2. The fourth-order valence-electron chi connectivity index (χ4n) is 3.76. The average molecular weight is 425 g/mol. The summed E-state index contributed by atoms with van der Waals surface area (Å²) in [7, 11) is 3.18. The van der Waals surface area contributed by atoms with Crippen molar-refractivity contribution in [1.82, 2.24) is 4.98 Å². The molecule has 0 saturated heterocycles. The summed E-state index contributed by atoms with van der Waals surface area (Å²) in [4.78, 5) is 20.0. The molecule has 2 heterocycles. The number of quaternary nitrogens is 1. The van der Waals surface area contributed by atoms with Gasteiger partial charge in [-0.1, -0.05) is 47.7 Å². The molecule has 1 aliphatic heterocycles. The zero-order chi connectivity index (χ0) is 20.9. The van der Waals surface area contributed by atoms with E-state index in [1.165, 1.54) is 15.3 Å². The number of rotatable bonds is 7. The number of carbonyl (C=O) groups is 1. The van der Waals surface area contributed by atoms with Crippen LogP contribution in [0.25, 0.3) is 0 Å². The first-order valence-electron chi connectivity index (χ1n) is 10.0. The number of ether oxygens (including phenoxy) is 2. The van der Waals surface area contributed by atoms with Gasteiger partial charge < -0.3 is 19.7 Å². The lowest BCUT2D eigenvalue weighted by Gasteiger charge is -2.22. The lowest BCUT2D eigenvalue weighted by Crippen LogP contribution is -3.10. The smallest absolute Gasteiger partial charge is 0.230 e. The molecule has 156 valence electrons. The molecule has 1 aliphatic rings. The van der Waals surface area contributed by atoms with E-state index in [0.29, 0.717) is 16.6 Å². The standard InChI is InChI=1S/C23H25N3O3S/c1-28-19-9-8-17(12-20(19)29-2)13-22(27)25-23-24-18-10-11-26(15-21(18)30-23)14-16-6-4-3-5-7-16/h3-9,12H,10-11,13-15H2,1-2H3,(H,24,25,27)/p+1. The summed E-state index contributed by atoms with van der Waals surface area (Å²) < 4.78 is 10.6. The molecule has 1 amide bonds. The summed E-state index contributed by atoms with van der Waals surface area (Å²) in [5.41, 5.74) is 3.34. The number of carbonyl (C=O) groups excluding carboxylic acids is 1. The average Bonchev–Trinajstić information content (AvgIpc) is 3.15. The molecule has 2 aromatic carbocycles.